The maximum Gasteiger partial charge on any atom is 0.216 e. The summed E-state index contributed by atoms with van der Waals surface area (Å²) in [6.07, 6.45) is 2.74. The number of likely N-dealkylation sites (tertiary alicyclic amines) is 1. The van der Waals surface area contributed by atoms with Crippen LogP contribution in [0.5, 0.6) is 0 Å². The molecule has 0 radical (unpaired) electrons. The summed E-state index contributed by atoms with van der Waals surface area (Å²) < 4.78 is 27.1. The molecule has 1 aliphatic heterocycles. The van der Waals surface area contributed by atoms with Gasteiger partial charge >= 0.3 is 0 Å². The molecule has 1 saturated carbocycles. The van der Waals surface area contributed by atoms with Gasteiger partial charge in [0.15, 0.2) is 0 Å². The molecule has 5 heteroatoms. The Morgan fingerprint density at radius 3 is 2.58 bits per heavy atom. The van der Waals surface area contributed by atoms with E-state index >= 15 is 0 Å². The van der Waals surface area contributed by atoms with E-state index in [1.165, 1.54) is 5.56 Å². The lowest BCUT2D eigenvalue weighted by Gasteiger charge is -2.16. The number of sulfonamides is 1. The molecule has 1 atom stereocenters. The Morgan fingerprint density at radius 2 is 1.89 bits per heavy atom. The quantitative estimate of drug-likeness (QED) is 0.885. The average Bonchev–Trinajstić information content (AvgIpc) is 3.05. The summed E-state index contributed by atoms with van der Waals surface area (Å²) in [4.78, 5) is 2.23. The minimum atomic E-state index is -3.11. The van der Waals surface area contributed by atoms with Crippen LogP contribution in [0.15, 0.2) is 30.3 Å². The van der Waals surface area contributed by atoms with Crippen LogP contribution >= 0.6 is 0 Å². The third-order valence-electron chi connectivity index (χ3n) is 3.83. The van der Waals surface area contributed by atoms with Gasteiger partial charge in [-0.3, -0.25) is 4.90 Å². The highest BCUT2D eigenvalue weighted by atomic mass is 32.2. The molecule has 19 heavy (non-hydrogen) atoms. The van der Waals surface area contributed by atoms with Gasteiger partial charge in [0.2, 0.25) is 10.0 Å². The van der Waals surface area contributed by atoms with Gasteiger partial charge in [0.25, 0.3) is 0 Å². The zero-order chi connectivity index (χ0) is 13.3. The van der Waals surface area contributed by atoms with Gasteiger partial charge in [-0.05, 0) is 31.4 Å². The Labute approximate surface area is 114 Å². The van der Waals surface area contributed by atoms with Crippen LogP contribution in [0.3, 0.4) is 0 Å². The third-order valence-corrected chi connectivity index (χ3v) is 5.75. The van der Waals surface area contributed by atoms with Crippen molar-refractivity contribution >= 4 is 10.0 Å². The van der Waals surface area contributed by atoms with Gasteiger partial charge in [-0.15, -0.1) is 0 Å². The lowest BCUT2D eigenvalue weighted by Crippen LogP contribution is -2.37. The van der Waals surface area contributed by atoms with Crippen LogP contribution in [-0.4, -0.2) is 37.7 Å². The van der Waals surface area contributed by atoms with Gasteiger partial charge in [0, 0.05) is 19.1 Å². The molecule has 4 nitrogen and oxygen atoms in total. The standard InChI is InChI=1S/C14H20N2O2S/c17-19(18,15-13-6-7-13)14-8-9-16(11-14)10-12-4-2-1-3-5-12/h1-5,13-15H,6-11H2/t14-/m0/s1. The highest BCUT2D eigenvalue weighted by molar-refractivity contribution is 7.90. The highest BCUT2D eigenvalue weighted by Gasteiger charge is 2.36. The van der Waals surface area contributed by atoms with E-state index in [9.17, 15) is 8.42 Å². The van der Waals surface area contributed by atoms with E-state index in [1.54, 1.807) is 0 Å². The van der Waals surface area contributed by atoms with Crippen LogP contribution in [0, 0.1) is 0 Å². The molecule has 104 valence electrons. The second-order valence-electron chi connectivity index (χ2n) is 5.57. The van der Waals surface area contributed by atoms with Gasteiger partial charge in [0.05, 0.1) is 5.25 Å². The van der Waals surface area contributed by atoms with Crippen LogP contribution < -0.4 is 4.72 Å². The summed E-state index contributed by atoms with van der Waals surface area (Å²) in [6, 6.07) is 10.4. The molecular weight excluding hydrogens is 260 g/mol. The van der Waals surface area contributed by atoms with E-state index in [-0.39, 0.29) is 11.3 Å². The molecule has 3 rings (SSSR count). The summed E-state index contributed by atoms with van der Waals surface area (Å²) in [7, 11) is -3.11. The summed E-state index contributed by atoms with van der Waals surface area (Å²) in [5, 5.41) is -0.239. The summed E-state index contributed by atoms with van der Waals surface area (Å²) >= 11 is 0. The van der Waals surface area contributed by atoms with Crippen molar-refractivity contribution in [3.63, 3.8) is 0 Å². The third kappa shape index (κ3) is 3.35. The number of hydrogen-bond acceptors (Lipinski definition) is 3. The molecule has 0 unspecified atom stereocenters. The molecule has 0 spiro atoms. The van der Waals surface area contributed by atoms with Crippen LogP contribution in [0.1, 0.15) is 24.8 Å². The number of hydrogen-bond donors (Lipinski definition) is 1. The zero-order valence-corrected chi connectivity index (χ0v) is 11.8. The van der Waals surface area contributed by atoms with Crippen LogP contribution in [0.2, 0.25) is 0 Å². The fourth-order valence-electron chi connectivity index (χ4n) is 2.57. The van der Waals surface area contributed by atoms with Crippen LogP contribution in [-0.2, 0) is 16.6 Å². The highest BCUT2D eigenvalue weighted by Crippen LogP contribution is 2.24. The second-order valence-corrected chi connectivity index (χ2v) is 7.56. The minimum Gasteiger partial charge on any atom is -0.298 e. The predicted octanol–water partition coefficient (Wildman–Crippen LogP) is 1.34. The minimum absolute atomic E-state index is 0.216. The Hall–Kier alpha value is -0.910. The first-order valence-corrected chi connectivity index (χ1v) is 8.45. The van der Waals surface area contributed by atoms with Crippen molar-refractivity contribution in [3.05, 3.63) is 35.9 Å². The van der Waals surface area contributed by atoms with E-state index in [1.807, 2.05) is 18.2 Å². The molecule has 0 amide bonds. The number of benzene rings is 1. The Bertz CT molecular complexity index is 526. The summed E-state index contributed by atoms with van der Waals surface area (Å²) in [6.45, 7) is 2.36. The zero-order valence-electron chi connectivity index (χ0n) is 11.0. The van der Waals surface area contributed by atoms with E-state index in [4.69, 9.17) is 0 Å². The number of nitrogens with zero attached hydrogens (tertiary/aromatic N) is 1. The summed E-state index contributed by atoms with van der Waals surface area (Å²) in [5.41, 5.74) is 1.25. The van der Waals surface area contributed by atoms with E-state index in [0.717, 1.165) is 32.4 Å². The van der Waals surface area contributed by atoms with E-state index in [2.05, 4.69) is 21.8 Å². The molecule has 2 fully saturated rings. The van der Waals surface area contributed by atoms with Gasteiger partial charge in [-0.2, -0.15) is 0 Å². The maximum absolute atomic E-state index is 12.1. The van der Waals surface area contributed by atoms with Gasteiger partial charge in [-0.25, -0.2) is 13.1 Å². The predicted molar refractivity (Wildman–Crippen MR) is 75.2 cm³/mol. The van der Waals surface area contributed by atoms with E-state index < -0.39 is 10.0 Å². The maximum atomic E-state index is 12.1. The lowest BCUT2D eigenvalue weighted by atomic mass is 10.2. The van der Waals surface area contributed by atoms with Gasteiger partial charge in [0.1, 0.15) is 0 Å². The molecule has 1 aromatic carbocycles. The fourth-order valence-corrected chi connectivity index (χ4v) is 4.28. The molecule has 1 heterocycles. The van der Waals surface area contributed by atoms with E-state index in [0.29, 0.717) is 6.54 Å². The van der Waals surface area contributed by atoms with Crippen LogP contribution in [0.25, 0.3) is 0 Å². The smallest absolute Gasteiger partial charge is 0.216 e. The van der Waals surface area contributed by atoms with Gasteiger partial charge in [-0.1, -0.05) is 30.3 Å². The Balaban J connectivity index is 1.57. The fraction of sp³-hybridized carbons (Fsp3) is 0.571. The second kappa shape index (κ2) is 5.23. The first-order valence-electron chi connectivity index (χ1n) is 6.91. The van der Waals surface area contributed by atoms with Crippen LogP contribution in [0.4, 0.5) is 0 Å². The molecule has 1 aromatic rings. The van der Waals surface area contributed by atoms with Crippen molar-refractivity contribution in [2.75, 3.05) is 13.1 Å². The largest absolute Gasteiger partial charge is 0.298 e. The summed E-state index contributed by atoms with van der Waals surface area (Å²) in [5.74, 6) is 0. The first kappa shape index (κ1) is 13.1. The van der Waals surface area contributed by atoms with Crippen molar-refractivity contribution in [1.29, 1.82) is 0 Å². The topological polar surface area (TPSA) is 49.4 Å². The molecular formula is C14H20N2O2S. The normalized spacial score (nSPS) is 24.7. The number of nitrogens with one attached hydrogen (secondary N) is 1. The van der Waals surface area contributed by atoms with Crippen molar-refractivity contribution in [1.82, 2.24) is 9.62 Å². The Kier molecular flexibility index (Phi) is 3.60. The first-order chi connectivity index (χ1) is 9.13. The molecule has 2 aliphatic rings. The molecule has 0 bridgehead atoms. The molecule has 1 aliphatic carbocycles. The van der Waals surface area contributed by atoms with Crippen molar-refractivity contribution in [2.24, 2.45) is 0 Å². The molecule has 0 aromatic heterocycles. The van der Waals surface area contributed by atoms with Crippen molar-refractivity contribution < 1.29 is 8.42 Å². The SMILES string of the molecule is O=S(=O)(NC1CC1)[C@H]1CCN(Cc2ccccc2)C1. The lowest BCUT2D eigenvalue weighted by molar-refractivity contribution is 0.331. The molecule has 1 N–H and O–H groups in total. The van der Waals surface area contributed by atoms with Crippen molar-refractivity contribution in [3.8, 4) is 0 Å². The monoisotopic (exact) mass is 280 g/mol. The van der Waals surface area contributed by atoms with Crippen molar-refractivity contribution in [2.45, 2.75) is 37.1 Å². The Morgan fingerprint density at radius 1 is 1.16 bits per heavy atom. The number of rotatable bonds is 5. The van der Waals surface area contributed by atoms with Gasteiger partial charge < -0.3 is 0 Å². The average molecular weight is 280 g/mol. The molecule has 1 saturated heterocycles.